The molecule has 0 radical (unpaired) electrons. The van der Waals surface area contributed by atoms with Crippen molar-refractivity contribution in [2.24, 2.45) is 13.0 Å². The third kappa shape index (κ3) is 7.03. The first-order valence-electron chi connectivity index (χ1n) is 12.9. The normalized spacial score (nSPS) is 14.4. The topological polar surface area (TPSA) is 73.9 Å². The zero-order valence-electron chi connectivity index (χ0n) is 22.1. The summed E-state index contributed by atoms with van der Waals surface area (Å²) in [5.74, 6) is 0.461. The van der Waals surface area contributed by atoms with Crippen LogP contribution >= 0.6 is 0 Å². The van der Waals surface area contributed by atoms with Crippen molar-refractivity contribution in [1.82, 2.24) is 20.2 Å². The van der Waals surface area contributed by atoms with Crippen LogP contribution in [-0.2, 0) is 32.5 Å². The molecule has 0 amide bonds. The number of nitriles is 1. The van der Waals surface area contributed by atoms with E-state index in [0.717, 1.165) is 54.7 Å². The molecule has 0 N–H and O–H groups in total. The van der Waals surface area contributed by atoms with Crippen molar-refractivity contribution in [3.8, 4) is 6.07 Å². The van der Waals surface area contributed by atoms with Crippen LogP contribution in [-0.4, -0.2) is 33.3 Å². The third-order valence-electron chi connectivity index (χ3n) is 7.05. The summed E-state index contributed by atoms with van der Waals surface area (Å²) in [5.41, 5.74) is -0.952. The van der Waals surface area contributed by atoms with Crippen LogP contribution in [0.1, 0.15) is 60.4 Å². The molecule has 1 aromatic heterocycles. The van der Waals surface area contributed by atoms with Gasteiger partial charge in [-0.1, -0.05) is 17.9 Å². The Labute approximate surface area is 228 Å². The zero-order chi connectivity index (χ0) is 29.1. The van der Waals surface area contributed by atoms with Gasteiger partial charge in [0.2, 0.25) is 0 Å². The maximum Gasteiger partial charge on any atom is 0.416 e. The van der Waals surface area contributed by atoms with Crippen LogP contribution in [0.4, 0.5) is 38.0 Å². The van der Waals surface area contributed by atoms with Gasteiger partial charge in [-0.25, -0.2) is 0 Å². The summed E-state index contributed by atoms with van der Waals surface area (Å²) in [7, 11) is 1.50. The summed E-state index contributed by atoms with van der Waals surface area (Å²) in [4.78, 5) is 4.67. The monoisotopic (exact) mass is 565 g/mol. The van der Waals surface area contributed by atoms with Crippen molar-refractivity contribution in [1.29, 1.82) is 5.26 Å². The first-order chi connectivity index (χ1) is 18.9. The third-order valence-corrected chi connectivity index (χ3v) is 7.05. The van der Waals surface area contributed by atoms with Gasteiger partial charge in [-0.2, -0.15) is 36.4 Å². The number of hydrogen-bond acceptors (Lipinski definition) is 6. The first kappa shape index (κ1) is 29.2. The summed E-state index contributed by atoms with van der Waals surface area (Å²) in [6.07, 6.45) is -4.93. The van der Waals surface area contributed by atoms with Crippen LogP contribution in [0.3, 0.4) is 0 Å². The maximum absolute atomic E-state index is 13.8. The smallest absolute Gasteiger partial charge is 0.371 e. The number of hydrogen-bond donors (Lipinski definition) is 0. The summed E-state index contributed by atoms with van der Waals surface area (Å²) in [6.45, 7) is 2.86. The number of alkyl halides is 6. The second-order valence-electron chi connectivity index (χ2n) is 9.99. The van der Waals surface area contributed by atoms with Gasteiger partial charge < -0.3 is 9.80 Å². The van der Waals surface area contributed by atoms with Crippen molar-refractivity contribution < 1.29 is 26.3 Å². The van der Waals surface area contributed by atoms with E-state index in [1.54, 1.807) is 6.07 Å². The Morgan fingerprint density at radius 2 is 1.65 bits per heavy atom. The van der Waals surface area contributed by atoms with Crippen LogP contribution in [0.25, 0.3) is 0 Å². The Morgan fingerprint density at radius 3 is 2.23 bits per heavy atom. The lowest BCUT2D eigenvalue weighted by atomic mass is 10.0. The highest BCUT2D eigenvalue weighted by Gasteiger charge is 2.33. The van der Waals surface area contributed by atoms with Gasteiger partial charge in [-0.05, 0) is 78.4 Å². The molecule has 1 aliphatic carbocycles. The van der Waals surface area contributed by atoms with Crippen LogP contribution in [0, 0.1) is 17.2 Å². The molecule has 13 heteroatoms. The molecule has 0 atom stereocenters. The van der Waals surface area contributed by atoms with Crippen molar-refractivity contribution in [2.45, 2.75) is 58.0 Å². The van der Waals surface area contributed by atoms with E-state index >= 15 is 0 Å². The molecule has 0 unspecified atom stereocenters. The summed E-state index contributed by atoms with van der Waals surface area (Å²) in [6, 6.07) is 8.29. The van der Waals surface area contributed by atoms with Gasteiger partial charge in [0.15, 0.2) is 0 Å². The Kier molecular flexibility index (Phi) is 8.56. The van der Waals surface area contributed by atoms with Gasteiger partial charge in [0.05, 0.1) is 29.8 Å². The number of benzene rings is 2. The second-order valence-corrected chi connectivity index (χ2v) is 9.99. The van der Waals surface area contributed by atoms with E-state index in [4.69, 9.17) is 0 Å². The highest BCUT2D eigenvalue weighted by Crippen LogP contribution is 2.36. The molecule has 1 fully saturated rings. The molecule has 2 aromatic carbocycles. The number of halogens is 6. The van der Waals surface area contributed by atoms with Crippen LogP contribution in [0.5, 0.6) is 0 Å². The Balaban J connectivity index is 1.76. The molecule has 3 aromatic rings. The molecule has 40 heavy (non-hydrogen) atoms. The molecular formula is C27H29F6N7. The van der Waals surface area contributed by atoms with E-state index in [1.807, 2.05) is 11.8 Å². The fourth-order valence-electron chi connectivity index (χ4n) is 5.13. The van der Waals surface area contributed by atoms with Gasteiger partial charge in [0.1, 0.15) is 0 Å². The van der Waals surface area contributed by atoms with E-state index in [1.165, 1.54) is 24.1 Å². The SMILES string of the molecule is CCN(CC1CCCC1)c1ccc(C(F)(F)F)cc1CN(Cc1cc(C#N)cc(C(F)(F)F)c1)c1nnn(C)n1. The molecule has 0 saturated heterocycles. The summed E-state index contributed by atoms with van der Waals surface area (Å²) in [5, 5.41) is 21.3. The van der Waals surface area contributed by atoms with Gasteiger partial charge in [0, 0.05) is 31.9 Å². The van der Waals surface area contributed by atoms with E-state index < -0.39 is 23.5 Å². The van der Waals surface area contributed by atoms with Gasteiger partial charge in [-0.15, -0.1) is 5.10 Å². The first-order valence-corrected chi connectivity index (χ1v) is 12.9. The average molecular weight is 566 g/mol. The molecule has 0 bridgehead atoms. The Bertz CT molecular complexity index is 1350. The molecule has 7 nitrogen and oxygen atoms in total. The highest BCUT2D eigenvalue weighted by molar-refractivity contribution is 5.57. The predicted molar refractivity (Wildman–Crippen MR) is 136 cm³/mol. The lowest BCUT2D eigenvalue weighted by Crippen LogP contribution is -2.31. The number of aryl methyl sites for hydroxylation is 1. The van der Waals surface area contributed by atoms with E-state index in [-0.39, 0.29) is 30.2 Å². The number of rotatable bonds is 9. The van der Waals surface area contributed by atoms with Gasteiger partial charge in [-0.3, -0.25) is 0 Å². The lowest BCUT2D eigenvalue weighted by molar-refractivity contribution is -0.138. The summed E-state index contributed by atoms with van der Waals surface area (Å²) >= 11 is 0. The minimum absolute atomic E-state index is 0.0284. The Hall–Kier alpha value is -3.82. The minimum atomic E-state index is -4.69. The Morgan fingerprint density at radius 1 is 0.950 bits per heavy atom. The fraction of sp³-hybridized carbons (Fsp3) is 0.481. The van der Waals surface area contributed by atoms with E-state index in [9.17, 15) is 31.6 Å². The number of nitrogens with zero attached hydrogens (tertiary/aromatic N) is 7. The minimum Gasteiger partial charge on any atom is -0.371 e. The van der Waals surface area contributed by atoms with Crippen molar-refractivity contribution in [2.75, 3.05) is 22.9 Å². The lowest BCUT2D eigenvalue weighted by Gasteiger charge is -2.31. The number of aromatic nitrogens is 4. The molecule has 214 valence electrons. The van der Waals surface area contributed by atoms with Crippen LogP contribution < -0.4 is 9.80 Å². The number of tetrazole rings is 1. The largest absolute Gasteiger partial charge is 0.416 e. The second kappa shape index (κ2) is 11.7. The molecule has 1 aliphatic rings. The molecule has 4 rings (SSSR count). The van der Waals surface area contributed by atoms with E-state index in [2.05, 4.69) is 15.4 Å². The van der Waals surface area contributed by atoms with Crippen molar-refractivity contribution in [3.05, 3.63) is 64.2 Å². The zero-order valence-corrected chi connectivity index (χ0v) is 22.1. The standard InChI is InChI=1S/C27H29F6N7/c1-3-39(15-18-6-4-5-7-18)24-9-8-22(26(28,29)30)13-21(24)17-40(25-35-37-38(2)36-25)16-20-10-19(14-34)11-23(12-20)27(31,32)33/h8-13,18H,3-7,15-17H2,1-2H3. The van der Waals surface area contributed by atoms with Crippen molar-refractivity contribution in [3.63, 3.8) is 0 Å². The average Bonchev–Trinajstić information content (AvgIpc) is 3.57. The molecule has 0 spiro atoms. The highest BCUT2D eigenvalue weighted by atomic mass is 19.4. The van der Waals surface area contributed by atoms with E-state index in [0.29, 0.717) is 30.3 Å². The predicted octanol–water partition coefficient (Wildman–Crippen LogP) is 6.34. The molecule has 1 saturated carbocycles. The van der Waals surface area contributed by atoms with Gasteiger partial charge in [0.25, 0.3) is 5.95 Å². The molecule has 0 aliphatic heterocycles. The van der Waals surface area contributed by atoms with Crippen LogP contribution in [0.15, 0.2) is 36.4 Å². The summed E-state index contributed by atoms with van der Waals surface area (Å²) < 4.78 is 81.9. The van der Waals surface area contributed by atoms with Crippen molar-refractivity contribution >= 4 is 11.6 Å². The quantitative estimate of drug-likeness (QED) is 0.282. The van der Waals surface area contributed by atoms with Crippen LogP contribution in [0.2, 0.25) is 0 Å². The molecular weight excluding hydrogens is 536 g/mol. The number of anilines is 2. The maximum atomic E-state index is 13.8. The molecule has 1 heterocycles. The fourth-order valence-corrected chi connectivity index (χ4v) is 5.13. The van der Waals surface area contributed by atoms with Gasteiger partial charge >= 0.3 is 12.4 Å².